The van der Waals surface area contributed by atoms with Gasteiger partial charge in [0.2, 0.25) is 5.91 Å². The van der Waals surface area contributed by atoms with Gasteiger partial charge in [-0.15, -0.1) is 0 Å². The first-order valence-corrected chi connectivity index (χ1v) is 11.8. The minimum atomic E-state index is -0.719. The third kappa shape index (κ3) is 5.41. The van der Waals surface area contributed by atoms with Crippen LogP contribution in [0.2, 0.25) is 0 Å². The van der Waals surface area contributed by atoms with E-state index in [0.29, 0.717) is 36.8 Å². The smallest absolute Gasteiger partial charge is 0.410 e. The lowest BCUT2D eigenvalue weighted by atomic mass is 10.0. The van der Waals surface area contributed by atoms with Crippen molar-refractivity contribution in [3.8, 4) is 11.4 Å². The molecule has 10 nitrogen and oxygen atoms in total. The highest BCUT2D eigenvalue weighted by Gasteiger charge is 2.44. The normalized spacial score (nSPS) is 18.8. The zero-order valence-corrected chi connectivity index (χ0v) is 19.1. The number of rotatable bonds is 7. The number of thioether (sulfide) groups is 1. The van der Waals surface area contributed by atoms with Crippen LogP contribution in [0.4, 0.5) is 4.79 Å². The summed E-state index contributed by atoms with van der Waals surface area (Å²) < 4.78 is 10.2. The SMILES string of the molecule is CCOC(=O)C1COC(=O)N1C1CCN(C(=O)CSc2nccc(-c3ccccn3)n2)CC1. The minimum absolute atomic E-state index is 0.00498. The molecule has 0 N–H and O–H groups in total. The van der Waals surface area contributed by atoms with Crippen LogP contribution in [0.25, 0.3) is 11.4 Å². The van der Waals surface area contributed by atoms with Crippen molar-refractivity contribution >= 4 is 29.7 Å². The average molecular weight is 472 g/mol. The first-order chi connectivity index (χ1) is 16.1. The van der Waals surface area contributed by atoms with Crippen molar-refractivity contribution in [3.63, 3.8) is 0 Å². The number of nitrogens with zero attached hydrogens (tertiary/aromatic N) is 5. The lowest BCUT2D eigenvalue weighted by Gasteiger charge is -2.37. The van der Waals surface area contributed by atoms with Crippen LogP contribution in [0.5, 0.6) is 0 Å². The molecule has 2 saturated heterocycles. The lowest BCUT2D eigenvalue weighted by Crippen LogP contribution is -2.52. The number of cyclic esters (lactones) is 1. The number of piperidine rings is 1. The van der Waals surface area contributed by atoms with E-state index in [1.54, 1.807) is 30.3 Å². The molecule has 0 saturated carbocycles. The van der Waals surface area contributed by atoms with E-state index in [-0.39, 0.29) is 30.9 Å². The van der Waals surface area contributed by atoms with E-state index in [1.165, 1.54) is 16.7 Å². The Bertz CT molecular complexity index is 1000. The van der Waals surface area contributed by atoms with Gasteiger partial charge >= 0.3 is 12.1 Å². The maximum atomic E-state index is 12.7. The van der Waals surface area contributed by atoms with Gasteiger partial charge in [0.25, 0.3) is 0 Å². The van der Waals surface area contributed by atoms with Gasteiger partial charge in [0.1, 0.15) is 6.61 Å². The summed E-state index contributed by atoms with van der Waals surface area (Å²) in [7, 11) is 0. The Labute approximate surface area is 195 Å². The first-order valence-electron chi connectivity index (χ1n) is 10.8. The highest BCUT2D eigenvalue weighted by molar-refractivity contribution is 7.99. The van der Waals surface area contributed by atoms with Crippen molar-refractivity contribution in [3.05, 3.63) is 36.7 Å². The summed E-state index contributed by atoms with van der Waals surface area (Å²) >= 11 is 1.28. The van der Waals surface area contributed by atoms with Gasteiger partial charge in [-0.3, -0.25) is 14.7 Å². The Kier molecular flexibility index (Phi) is 7.38. The van der Waals surface area contributed by atoms with E-state index < -0.39 is 18.1 Å². The quantitative estimate of drug-likeness (QED) is 0.340. The number of likely N-dealkylation sites (tertiary alicyclic amines) is 1. The second-order valence-corrected chi connectivity index (χ2v) is 8.53. The fourth-order valence-electron chi connectivity index (χ4n) is 3.93. The van der Waals surface area contributed by atoms with E-state index in [2.05, 4.69) is 15.0 Å². The molecule has 2 aliphatic rings. The molecule has 2 aliphatic heterocycles. The zero-order chi connectivity index (χ0) is 23.2. The molecule has 2 aromatic heterocycles. The zero-order valence-electron chi connectivity index (χ0n) is 18.3. The molecule has 0 aliphatic carbocycles. The Morgan fingerprint density at radius 1 is 1.15 bits per heavy atom. The molecular weight excluding hydrogens is 446 g/mol. The molecule has 1 atom stereocenters. The molecule has 4 rings (SSSR count). The van der Waals surface area contributed by atoms with Crippen molar-refractivity contribution in [2.75, 3.05) is 32.1 Å². The van der Waals surface area contributed by atoms with Crippen molar-refractivity contribution < 1.29 is 23.9 Å². The predicted octanol–water partition coefficient (Wildman–Crippen LogP) is 2.01. The van der Waals surface area contributed by atoms with Gasteiger partial charge in [0.05, 0.1) is 23.7 Å². The molecule has 2 amide bonds. The lowest BCUT2D eigenvalue weighted by molar-refractivity contribution is -0.148. The Morgan fingerprint density at radius 2 is 1.97 bits per heavy atom. The summed E-state index contributed by atoms with van der Waals surface area (Å²) in [5, 5.41) is 0.512. The topological polar surface area (TPSA) is 115 Å². The molecule has 0 spiro atoms. The molecule has 174 valence electrons. The maximum absolute atomic E-state index is 12.7. The summed E-state index contributed by atoms with van der Waals surface area (Å²) in [4.78, 5) is 53.4. The Hall–Kier alpha value is -3.21. The maximum Gasteiger partial charge on any atom is 0.410 e. The van der Waals surface area contributed by atoms with Crippen LogP contribution in [0.15, 0.2) is 41.8 Å². The monoisotopic (exact) mass is 471 g/mol. The summed E-state index contributed by atoms with van der Waals surface area (Å²) in [5.41, 5.74) is 1.45. The summed E-state index contributed by atoms with van der Waals surface area (Å²) in [6.45, 7) is 2.97. The van der Waals surface area contributed by atoms with Crippen LogP contribution in [0.3, 0.4) is 0 Å². The number of carbonyl (C=O) groups is 3. The molecule has 0 radical (unpaired) electrons. The molecular formula is C22H25N5O5S. The van der Waals surface area contributed by atoms with Gasteiger partial charge in [-0.05, 0) is 38.0 Å². The summed E-state index contributed by atoms with van der Waals surface area (Å²) in [6.07, 6.45) is 4.01. The number of ether oxygens (including phenoxy) is 2. The van der Waals surface area contributed by atoms with Crippen molar-refractivity contribution in [1.82, 2.24) is 24.8 Å². The molecule has 2 fully saturated rings. The van der Waals surface area contributed by atoms with E-state index in [0.717, 1.165) is 5.69 Å². The number of carbonyl (C=O) groups excluding carboxylic acids is 3. The van der Waals surface area contributed by atoms with Gasteiger partial charge in [-0.2, -0.15) is 0 Å². The highest BCUT2D eigenvalue weighted by atomic mass is 32.2. The number of hydrogen-bond donors (Lipinski definition) is 0. The molecule has 0 bridgehead atoms. The van der Waals surface area contributed by atoms with Crippen LogP contribution < -0.4 is 0 Å². The van der Waals surface area contributed by atoms with Crippen LogP contribution >= 0.6 is 11.8 Å². The van der Waals surface area contributed by atoms with Crippen molar-refractivity contribution in [1.29, 1.82) is 0 Å². The van der Waals surface area contributed by atoms with Gasteiger partial charge < -0.3 is 14.4 Å². The average Bonchev–Trinajstić information content (AvgIpc) is 3.25. The van der Waals surface area contributed by atoms with E-state index >= 15 is 0 Å². The third-order valence-electron chi connectivity index (χ3n) is 5.57. The van der Waals surface area contributed by atoms with Crippen LogP contribution in [0.1, 0.15) is 19.8 Å². The molecule has 0 aromatic carbocycles. The number of aromatic nitrogens is 3. The predicted molar refractivity (Wildman–Crippen MR) is 119 cm³/mol. The fraction of sp³-hybridized carbons (Fsp3) is 0.455. The molecule has 1 unspecified atom stereocenters. The fourth-order valence-corrected chi connectivity index (χ4v) is 4.67. The third-order valence-corrected chi connectivity index (χ3v) is 6.41. The van der Waals surface area contributed by atoms with Crippen molar-refractivity contribution in [2.24, 2.45) is 0 Å². The van der Waals surface area contributed by atoms with E-state index in [1.807, 2.05) is 18.2 Å². The summed E-state index contributed by atoms with van der Waals surface area (Å²) in [6, 6.07) is 6.50. The number of esters is 1. The standard InChI is InChI=1S/C22H25N5O5S/c1-2-31-20(29)18-13-32-22(30)27(18)15-7-11-26(12-8-15)19(28)14-33-21-24-10-6-17(25-21)16-5-3-4-9-23-16/h3-6,9-10,15,18H,2,7-8,11-14H2,1H3. The number of amides is 2. The molecule has 2 aromatic rings. The van der Waals surface area contributed by atoms with Crippen LogP contribution in [0, 0.1) is 0 Å². The Balaban J connectivity index is 1.29. The molecule has 33 heavy (non-hydrogen) atoms. The Morgan fingerprint density at radius 3 is 2.70 bits per heavy atom. The largest absolute Gasteiger partial charge is 0.464 e. The first kappa shape index (κ1) is 23.0. The molecule has 11 heteroatoms. The van der Waals surface area contributed by atoms with Gasteiger partial charge in [0.15, 0.2) is 11.2 Å². The molecule has 4 heterocycles. The van der Waals surface area contributed by atoms with E-state index in [9.17, 15) is 14.4 Å². The van der Waals surface area contributed by atoms with Crippen LogP contribution in [-0.4, -0.2) is 86.9 Å². The minimum Gasteiger partial charge on any atom is -0.464 e. The van der Waals surface area contributed by atoms with Gasteiger partial charge in [-0.1, -0.05) is 17.8 Å². The van der Waals surface area contributed by atoms with Gasteiger partial charge in [0, 0.05) is 31.5 Å². The highest BCUT2D eigenvalue weighted by Crippen LogP contribution is 2.25. The van der Waals surface area contributed by atoms with Gasteiger partial charge in [-0.25, -0.2) is 19.6 Å². The van der Waals surface area contributed by atoms with E-state index in [4.69, 9.17) is 9.47 Å². The summed E-state index contributed by atoms with van der Waals surface area (Å²) in [5.74, 6) is -0.254. The second kappa shape index (κ2) is 10.6. The second-order valence-electron chi connectivity index (χ2n) is 7.59. The number of hydrogen-bond acceptors (Lipinski definition) is 9. The number of pyridine rings is 1. The van der Waals surface area contributed by atoms with Crippen molar-refractivity contribution in [2.45, 2.75) is 37.0 Å². The van der Waals surface area contributed by atoms with Crippen LogP contribution in [-0.2, 0) is 19.1 Å².